The Morgan fingerprint density at radius 1 is 1.20 bits per heavy atom. The maximum atomic E-state index is 14.3. The summed E-state index contributed by atoms with van der Waals surface area (Å²) >= 11 is 0. The summed E-state index contributed by atoms with van der Waals surface area (Å²) in [7, 11) is 0. The van der Waals surface area contributed by atoms with Crippen LogP contribution in [0.3, 0.4) is 0 Å². The van der Waals surface area contributed by atoms with Gasteiger partial charge in [0, 0.05) is 32.2 Å². The van der Waals surface area contributed by atoms with E-state index in [0.717, 1.165) is 50.5 Å². The summed E-state index contributed by atoms with van der Waals surface area (Å²) in [6, 6.07) is 5.84. The fraction of sp³-hybridized carbons (Fsp3) is 0.625. The predicted octanol–water partition coefficient (Wildman–Crippen LogP) is 2.64. The minimum absolute atomic E-state index is 0.0998. The maximum Gasteiger partial charge on any atom is 0.146 e. The van der Waals surface area contributed by atoms with Crippen LogP contribution >= 0.6 is 0 Å². The van der Waals surface area contributed by atoms with Crippen molar-refractivity contribution >= 4 is 5.69 Å². The lowest BCUT2D eigenvalue weighted by Gasteiger charge is -2.35. The summed E-state index contributed by atoms with van der Waals surface area (Å²) in [5.41, 5.74) is 1.76. The van der Waals surface area contributed by atoms with Gasteiger partial charge in [0.15, 0.2) is 0 Å². The van der Waals surface area contributed by atoms with Gasteiger partial charge in [0.25, 0.3) is 0 Å². The fourth-order valence-corrected chi connectivity index (χ4v) is 2.78. The molecule has 1 unspecified atom stereocenters. The van der Waals surface area contributed by atoms with Crippen LogP contribution in [0.25, 0.3) is 0 Å². The van der Waals surface area contributed by atoms with E-state index in [1.807, 2.05) is 12.1 Å². The minimum atomic E-state index is -0.0998. The van der Waals surface area contributed by atoms with E-state index in [2.05, 4.69) is 35.9 Å². The Kier molecular flexibility index (Phi) is 5.38. The second kappa shape index (κ2) is 7.04. The van der Waals surface area contributed by atoms with Gasteiger partial charge in [0.1, 0.15) is 5.82 Å². The van der Waals surface area contributed by atoms with Crippen LogP contribution in [0.4, 0.5) is 10.1 Å². The molecule has 0 amide bonds. The van der Waals surface area contributed by atoms with Crippen LogP contribution < -0.4 is 10.2 Å². The van der Waals surface area contributed by atoms with Gasteiger partial charge in [0.2, 0.25) is 0 Å². The number of halogens is 1. The van der Waals surface area contributed by atoms with Crippen molar-refractivity contribution in [2.24, 2.45) is 0 Å². The van der Waals surface area contributed by atoms with Gasteiger partial charge in [-0.2, -0.15) is 0 Å². The third kappa shape index (κ3) is 3.49. The summed E-state index contributed by atoms with van der Waals surface area (Å²) < 4.78 is 14.3. The number of benzene rings is 1. The largest absolute Gasteiger partial charge is 0.367 e. The zero-order valence-electron chi connectivity index (χ0n) is 12.8. The Bertz CT molecular complexity index is 428. The molecule has 0 bridgehead atoms. The molecule has 1 N–H and O–H groups in total. The summed E-state index contributed by atoms with van der Waals surface area (Å²) in [5, 5.41) is 3.31. The van der Waals surface area contributed by atoms with Crippen molar-refractivity contribution < 1.29 is 4.39 Å². The van der Waals surface area contributed by atoms with Crippen molar-refractivity contribution in [3.63, 3.8) is 0 Å². The van der Waals surface area contributed by atoms with Crippen LogP contribution in [0.5, 0.6) is 0 Å². The van der Waals surface area contributed by atoms with Crippen LogP contribution in [0, 0.1) is 5.82 Å². The number of nitrogens with one attached hydrogen (secondary N) is 1. The molecule has 1 aromatic rings. The molecule has 0 radical (unpaired) electrons. The molecule has 0 spiro atoms. The highest BCUT2D eigenvalue weighted by Gasteiger charge is 2.19. The molecule has 112 valence electrons. The standard InChI is InChI=1S/C16H26FN3/c1-4-18-13(3)14-6-7-16(15(17)12-14)20-10-8-19(5-2)9-11-20/h6-7,12-13,18H,4-5,8-11H2,1-3H3. The minimum Gasteiger partial charge on any atom is -0.367 e. The molecular weight excluding hydrogens is 253 g/mol. The van der Waals surface area contributed by atoms with Gasteiger partial charge in [-0.3, -0.25) is 0 Å². The van der Waals surface area contributed by atoms with E-state index in [1.165, 1.54) is 0 Å². The van der Waals surface area contributed by atoms with Crippen LogP contribution in [0.1, 0.15) is 32.4 Å². The second-order valence-electron chi connectivity index (χ2n) is 5.41. The summed E-state index contributed by atoms with van der Waals surface area (Å²) in [6.45, 7) is 12.1. The molecule has 0 aromatic heterocycles. The average molecular weight is 279 g/mol. The summed E-state index contributed by atoms with van der Waals surface area (Å²) in [6.07, 6.45) is 0. The number of piperazine rings is 1. The lowest BCUT2D eigenvalue weighted by Crippen LogP contribution is -2.46. The first-order valence-electron chi connectivity index (χ1n) is 7.65. The number of hydrogen-bond donors (Lipinski definition) is 1. The lowest BCUT2D eigenvalue weighted by atomic mass is 10.1. The van der Waals surface area contributed by atoms with E-state index in [4.69, 9.17) is 0 Å². The quantitative estimate of drug-likeness (QED) is 0.894. The Labute approximate surface area is 121 Å². The molecule has 2 rings (SSSR count). The van der Waals surface area contributed by atoms with E-state index in [-0.39, 0.29) is 11.9 Å². The first kappa shape index (κ1) is 15.3. The molecule has 4 heteroatoms. The topological polar surface area (TPSA) is 18.5 Å². The molecule has 1 fully saturated rings. The zero-order chi connectivity index (χ0) is 14.5. The van der Waals surface area contributed by atoms with Crippen molar-refractivity contribution in [1.29, 1.82) is 0 Å². The molecule has 0 saturated carbocycles. The van der Waals surface area contributed by atoms with Crippen molar-refractivity contribution in [2.45, 2.75) is 26.8 Å². The predicted molar refractivity (Wildman–Crippen MR) is 82.8 cm³/mol. The zero-order valence-corrected chi connectivity index (χ0v) is 12.8. The monoisotopic (exact) mass is 279 g/mol. The SMILES string of the molecule is CCNC(C)c1ccc(N2CCN(CC)CC2)c(F)c1. The Morgan fingerprint density at radius 3 is 2.45 bits per heavy atom. The summed E-state index contributed by atoms with van der Waals surface area (Å²) in [4.78, 5) is 4.55. The first-order chi connectivity index (χ1) is 9.65. The second-order valence-corrected chi connectivity index (χ2v) is 5.41. The smallest absolute Gasteiger partial charge is 0.146 e. The van der Waals surface area contributed by atoms with Gasteiger partial charge in [-0.05, 0) is 37.7 Å². The molecule has 1 aromatic carbocycles. The van der Waals surface area contributed by atoms with Gasteiger partial charge >= 0.3 is 0 Å². The number of likely N-dealkylation sites (N-methyl/N-ethyl adjacent to an activating group) is 1. The van der Waals surface area contributed by atoms with Crippen LogP contribution in [-0.2, 0) is 0 Å². The maximum absolute atomic E-state index is 14.3. The highest BCUT2D eigenvalue weighted by Crippen LogP contribution is 2.24. The van der Waals surface area contributed by atoms with E-state index in [9.17, 15) is 4.39 Å². The average Bonchev–Trinajstić information content (AvgIpc) is 2.47. The normalized spacial score (nSPS) is 18.3. The Hall–Kier alpha value is -1.13. The van der Waals surface area contributed by atoms with Gasteiger partial charge in [-0.25, -0.2) is 4.39 Å². The van der Waals surface area contributed by atoms with Crippen molar-refractivity contribution in [3.8, 4) is 0 Å². The number of anilines is 1. The van der Waals surface area contributed by atoms with Gasteiger partial charge in [-0.1, -0.05) is 19.9 Å². The fourth-order valence-electron chi connectivity index (χ4n) is 2.78. The Morgan fingerprint density at radius 2 is 1.90 bits per heavy atom. The molecule has 1 saturated heterocycles. The molecule has 1 heterocycles. The Balaban J connectivity index is 2.06. The van der Waals surface area contributed by atoms with E-state index >= 15 is 0 Å². The van der Waals surface area contributed by atoms with Crippen molar-refractivity contribution in [1.82, 2.24) is 10.2 Å². The lowest BCUT2D eigenvalue weighted by molar-refractivity contribution is 0.270. The molecule has 20 heavy (non-hydrogen) atoms. The summed E-state index contributed by atoms with van der Waals surface area (Å²) in [5.74, 6) is -0.0998. The number of hydrogen-bond acceptors (Lipinski definition) is 3. The number of rotatable bonds is 5. The highest BCUT2D eigenvalue weighted by molar-refractivity contribution is 5.50. The molecule has 0 aliphatic carbocycles. The molecule has 3 nitrogen and oxygen atoms in total. The number of nitrogens with zero attached hydrogens (tertiary/aromatic N) is 2. The molecule has 1 aliphatic rings. The van der Waals surface area contributed by atoms with Crippen LogP contribution in [0.2, 0.25) is 0 Å². The van der Waals surface area contributed by atoms with E-state index < -0.39 is 0 Å². The van der Waals surface area contributed by atoms with E-state index in [0.29, 0.717) is 0 Å². The van der Waals surface area contributed by atoms with Crippen LogP contribution in [0.15, 0.2) is 18.2 Å². The molecule has 1 aliphatic heterocycles. The third-order valence-corrected chi connectivity index (χ3v) is 4.14. The third-order valence-electron chi connectivity index (χ3n) is 4.14. The molecule has 1 atom stereocenters. The van der Waals surface area contributed by atoms with Crippen molar-refractivity contribution in [3.05, 3.63) is 29.6 Å². The van der Waals surface area contributed by atoms with Gasteiger partial charge < -0.3 is 15.1 Å². The van der Waals surface area contributed by atoms with Gasteiger partial charge in [0.05, 0.1) is 5.69 Å². The highest BCUT2D eigenvalue weighted by atomic mass is 19.1. The van der Waals surface area contributed by atoms with E-state index in [1.54, 1.807) is 6.07 Å². The van der Waals surface area contributed by atoms with Crippen LogP contribution in [-0.4, -0.2) is 44.2 Å². The first-order valence-corrected chi connectivity index (χ1v) is 7.65. The molecular formula is C16H26FN3. The van der Waals surface area contributed by atoms with Crippen molar-refractivity contribution in [2.75, 3.05) is 44.2 Å². The van der Waals surface area contributed by atoms with Gasteiger partial charge in [-0.15, -0.1) is 0 Å².